The van der Waals surface area contributed by atoms with Gasteiger partial charge in [0.1, 0.15) is 0 Å². The van der Waals surface area contributed by atoms with Gasteiger partial charge >= 0.3 is 7.12 Å². The van der Waals surface area contributed by atoms with E-state index in [4.69, 9.17) is 10.3 Å². The molecule has 0 bridgehead atoms. The minimum Gasteiger partial charge on any atom is -0.422 e. The van der Waals surface area contributed by atoms with E-state index in [9.17, 15) is 0 Å². The van der Waals surface area contributed by atoms with Gasteiger partial charge in [-0.05, 0) is 12.4 Å². The Kier molecular flexibility index (Phi) is 2.65. The summed E-state index contributed by atoms with van der Waals surface area (Å²) in [5.41, 5.74) is 1.64. The van der Waals surface area contributed by atoms with Crippen LogP contribution in [0.15, 0.2) is 24.3 Å². The highest BCUT2D eigenvalue weighted by Gasteiger charge is 2.14. The van der Waals surface area contributed by atoms with E-state index in [2.05, 4.69) is 4.81 Å². The monoisotopic (exact) mass is 152 g/mol. The average Bonchev–Trinajstić information content (AvgIpc) is 2.05. The zero-order valence-corrected chi connectivity index (χ0v) is 6.19. The molecule has 0 fully saturated rings. The van der Waals surface area contributed by atoms with Crippen LogP contribution in [0.3, 0.4) is 0 Å². The molecule has 4 heteroatoms. The molecule has 0 aliphatic heterocycles. The summed E-state index contributed by atoms with van der Waals surface area (Å²) in [6, 6.07) is 7.04. The molecule has 11 heavy (non-hydrogen) atoms. The minimum atomic E-state index is -1.24. The Morgan fingerprint density at radius 3 is 2.27 bits per heavy atom. The first-order valence-corrected chi connectivity index (χ1v) is 3.29. The Hall–Kier alpha value is -0.835. The molecule has 1 aromatic carbocycles. The Labute approximate surface area is 65.3 Å². The van der Waals surface area contributed by atoms with Gasteiger partial charge in [0.25, 0.3) is 0 Å². The van der Waals surface area contributed by atoms with Crippen LogP contribution in [0.1, 0.15) is 5.56 Å². The van der Waals surface area contributed by atoms with Crippen molar-refractivity contribution >= 4 is 12.6 Å². The Morgan fingerprint density at radius 1 is 1.27 bits per heavy atom. The maximum absolute atomic E-state index is 8.95. The summed E-state index contributed by atoms with van der Waals surface area (Å²) in [5.74, 6) is 0. The second-order valence-corrected chi connectivity index (χ2v) is 2.37. The molecule has 0 unspecified atom stereocenters. The van der Waals surface area contributed by atoms with Crippen LogP contribution in [0, 0.1) is 6.92 Å². The van der Waals surface area contributed by atoms with Crippen molar-refractivity contribution in [2.75, 3.05) is 0 Å². The molecule has 0 radical (unpaired) electrons. The highest BCUT2D eigenvalue weighted by atomic mass is 17.1. The van der Waals surface area contributed by atoms with Crippen molar-refractivity contribution in [2.24, 2.45) is 0 Å². The van der Waals surface area contributed by atoms with E-state index in [-0.39, 0.29) is 0 Å². The topological polar surface area (TPSA) is 49.7 Å². The van der Waals surface area contributed by atoms with E-state index in [1.54, 1.807) is 12.1 Å². The van der Waals surface area contributed by atoms with Crippen molar-refractivity contribution in [1.29, 1.82) is 0 Å². The maximum atomic E-state index is 8.95. The van der Waals surface area contributed by atoms with Crippen LogP contribution in [-0.2, 0) is 4.81 Å². The normalized spacial score (nSPS) is 9.73. The third-order valence-electron chi connectivity index (χ3n) is 1.46. The molecule has 1 rings (SSSR count). The lowest BCUT2D eigenvalue weighted by molar-refractivity contribution is -0.154. The van der Waals surface area contributed by atoms with Crippen molar-refractivity contribution in [3.8, 4) is 0 Å². The fourth-order valence-electron chi connectivity index (χ4n) is 0.792. The lowest BCUT2D eigenvalue weighted by atomic mass is 9.80. The van der Waals surface area contributed by atoms with Gasteiger partial charge in [-0.2, -0.15) is 0 Å². The van der Waals surface area contributed by atoms with Crippen molar-refractivity contribution in [2.45, 2.75) is 6.92 Å². The molecule has 0 heterocycles. The molecule has 0 atom stereocenters. The van der Waals surface area contributed by atoms with Crippen molar-refractivity contribution < 1.29 is 15.1 Å². The molecular weight excluding hydrogens is 143 g/mol. The van der Waals surface area contributed by atoms with Gasteiger partial charge < -0.3 is 5.02 Å². The molecule has 0 amide bonds. The van der Waals surface area contributed by atoms with E-state index in [1.165, 1.54) is 0 Å². The van der Waals surface area contributed by atoms with Gasteiger partial charge in [0.05, 0.1) is 0 Å². The summed E-state index contributed by atoms with van der Waals surface area (Å²) in [6.07, 6.45) is 0. The Bertz CT molecular complexity index is 222. The minimum absolute atomic E-state index is 0.540. The van der Waals surface area contributed by atoms with Crippen molar-refractivity contribution in [3.63, 3.8) is 0 Å². The van der Waals surface area contributed by atoms with Crippen LogP contribution >= 0.6 is 0 Å². The zero-order chi connectivity index (χ0) is 8.27. The lowest BCUT2D eigenvalue weighted by Crippen LogP contribution is -2.32. The van der Waals surface area contributed by atoms with Crippen molar-refractivity contribution in [1.82, 2.24) is 0 Å². The van der Waals surface area contributed by atoms with Gasteiger partial charge in [0.2, 0.25) is 0 Å². The van der Waals surface area contributed by atoms with Gasteiger partial charge in [-0.25, -0.2) is 0 Å². The molecule has 2 N–H and O–H groups in total. The van der Waals surface area contributed by atoms with Gasteiger partial charge in [-0.3, -0.25) is 10.1 Å². The van der Waals surface area contributed by atoms with E-state index < -0.39 is 7.12 Å². The van der Waals surface area contributed by atoms with Crippen LogP contribution in [0.2, 0.25) is 0 Å². The van der Waals surface area contributed by atoms with Gasteiger partial charge in [0, 0.05) is 0 Å². The van der Waals surface area contributed by atoms with Crippen LogP contribution < -0.4 is 5.46 Å². The number of hydrogen-bond donors (Lipinski definition) is 2. The molecule has 0 spiro atoms. The maximum Gasteiger partial charge on any atom is 0.522 e. The van der Waals surface area contributed by atoms with Crippen LogP contribution in [0.4, 0.5) is 0 Å². The predicted molar refractivity (Wildman–Crippen MR) is 42.5 cm³/mol. The van der Waals surface area contributed by atoms with Crippen LogP contribution in [0.5, 0.6) is 0 Å². The summed E-state index contributed by atoms with van der Waals surface area (Å²) in [6.45, 7) is 1.94. The number of rotatable bonds is 2. The van der Waals surface area contributed by atoms with Gasteiger partial charge in [-0.1, -0.05) is 29.8 Å². The summed E-state index contributed by atoms with van der Waals surface area (Å²) in [7, 11) is -1.24. The molecule has 0 aromatic heterocycles. The second-order valence-electron chi connectivity index (χ2n) is 2.37. The van der Waals surface area contributed by atoms with Gasteiger partial charge in [-0.15, -0.1) is 0 Å². The second kappa shape index (κ2) is 3.53. The Morgan fingerprint density at radius 2 is 1.82 bits per heavy atom. The molecule has 0 aliphatic rings. The first kappa shape index (κ1) is 8.26. The molecule has 1 aromatic rings. The van der Waals surface area contributed by atoms with Crippen molar-refractivity contribution in [3.05, 3.63) is 29.8 Å². The third kappa shape index (κ3) is 2.05. The molecule has 3 nitrogen and oxygen atoms in total. The average molecular weight is 152 g/mol. The van der Waals surface area contributed by atoms with E-state index in [0.29, 0.717) is 5.46 Å². The standard InChI is InChI=1S/C7H9BO3/c1-6-2-4-7(5-3-6)8(9)11-10/h2-5,9-10H,1H3. The fraction of sp³-hybridized carbons (Fsp3) is 0.143. The molecule has 58 valence electrons. The molecular formula is C7H9BO3. The summed E-state index contributed by atoms with van der Waals surface area (Å²) >= 11 is 0. The summed E-state index contributed by atoms with van der Waals surface area (Å²) < 4.78 is 0. The summed E-state index contributed by atoms with van der Waals surface area (Å²) in [4.78, 5) is 3.73. The SMILES string of the molecule is Cc1ccc(B(O)OO)cc1. The smallest absolute Gasteiger partial charge is 0.422 e. The van der Waals surface area contributed by atoms with Crippen LogP contribution in [0.25, 0.3) is 0 Å². The predicted octanol–water partition coefficient (Wildman–Crippen LogP) is 0.172. The fourth-order valence-corrected chi connectivity index (χ4v) is 0.792. The largest absolute Gasteiger partial charge is 0.522 e. The number of aryl methyl sites for hydroxylation is 1. The Balaban J connectivity index is 2.81. The third-order valence-corrected chi connectivity index (χ3v) is 1.46. The highest BCUT2D eigenvalue weighted by molar-refractivity contribution is 6.59. The first-order valence-electron chi connectivity index (χ1n) is 3.29. The quantitative estimate of drug-likeness (QED) is 0.360. The van der Waals surface area contributed by atoms with E-state index >= 15 is 0 Å². The lowest BCUT2D eigenvalue weighted by Gasteiger charge is -2.00. The first-order chi connectivity index (χ1) is 5.24. The molecule has 0 aliphatic carbocycles. The van der Waals surface area contributed by atoms with Gasteiger partial charge in [0.15, 0.2) is 0 Å². The molecule has 0 saturated heterocycles. The zero-order valence-electron chi connectivity index (χ0n) is 6.19. The van der Waals surface area contributed by atoms with Crippen LogP contribution in [-0.4, -0.2) is 17.4 Å². The summed E-state index contributed by atoms with van der Waals surface area (Å²) in [5, 5.41) is 17.1. The number of benzene rings is 1. The number of hydrogen-bond acceptors (Lipinski definition) is 3. The highest BCUT2D eigenvalue weighted by Crippen LogP contribution is 1.93. The molecule has 0 saturated carbocycles. The van der Waals surface area contributed by atoms with E-state index in [0.717, 1.165) is 5.56 Å². The van der Waals surface area contributed by atoms with E-state index in [1.807, 2.05) is 19.1 Å².